The number of rotatable bonds is 6. The Morgan fingerprint density at radius 2 is 1.78 bits per heavy atom. The van der Waals surface area contributed by atoms with Gasteiger partial charge in [-0.05, 0) is 49.7 Å². The molecule has 0 aliphatic carbocycles. The lowest BCUT2D eigenvalue weighted by atomic mass is 10.0. The summed E-state index contributed by atoms with van der Waals surface area (Å²) in [6, 6.07) is 13.0. The third-order valence-electron chi connectivity index (χ3n) is 5.23. The van der Waals surface area contributed by atoms with Crippen molar-refractivity contribution in [3.63, 3.8) is 0 Å². The predicted octanol–water partition coefficient (Wildman–Crippen LogP) is 3.37. The highest BCUT2D eigenvalue weighted by molar-refractivity contribution is 5.51. The fourth-order valence-corrected chi connectivity index (χ4v) is 3.56. The second kappa shape index (κ2) is 8.45. The van der Waals surface area contributed by atoms with Gasteiger partial charge in [0, 0.05) is 43.5 Å². The number of aliphatic hydroxyl groups is 1. The second-order valence-electron chi connectivity index (χ2n) is 7.00. The average molecular weight is 373 g/mol. The van der Waals surface area contributed by atoms with Crippen molar-refractivity contribution < 1.29 is 14.4 Å². The minimum atomic E-state index is -0.650. The maximum absolute atomic E-state index is 13.0. The summed E-state index contributed by atoms with van der Waals surface area (Å²) in [6.45, 7) is 2.22. The van der Waals surface area contributed by atoms with Gasteiger partial charge in [0.15, 0.2) is 0 Å². The van der Waals surface area contributed by atoms with Crippen molar-refractivity contribution in [3.05, 3.63) is 70.0 Å². The number of non-ortho nitro benzene ring substituents is 1. The van der Waals surface area contributed by atoms with Gasteiger partial charge in [-0.15, -0.1) is 0 Å². The van der Waals surface area contributed by atoms with Crippen LogP contribution in [0.25, 0.3) is 0 Å². The molecule has 27 heavy (non-hydrogen) atoms. The molecule has 144 valence electrons. The minimum Gasteiger partial charge on any atom is -0.387 e. The molecule has 2 aromatic carbocycles. The molecule has 2 aromatic rings. The highest BCUT2D eigenvalue weighted by Gasteiger charge is 2.24. The maximum Gasteiger partial charge on any atom is 0.269 e. The highest BCUT2D eigenvalue weighted by Crippen LogP contribution is 2.25. The third-order valence-corrected chi connectivity index (χ3v) is 5.23. The zero-order valence-electron chi connectivity index (χ0n) is 15.3. The number of nitrogens with zero attached hydrogens (tertiary/aromatic N) is 3. The van der Waals surface area contributed by atoms with E-state index < -0.39 is 11.0 Å². The van der Waals surface area contributed by atoms with E-state index in [2.05, 4.69) is 9.80 Å². The van der Waals surface area contributed by atoms with E-state index in [1.807, 2.05) is 7.05 Å². The van der Waals surface area contributed by atoms with E-state index in [1.165, 1.54) is 24.3 Å². The molecule has 0 aromatic heterocycles. The van der Waals surface area contributed by atoms with E-state index >= 15 is 0 Å². The van der Waals surface area contributed by atoms with Crippen LogP contribution in [-0.4, -0.2) is 47.7 Å². The van der Waals surface area contributed by atoms with Crippen LogP contribution in [0.5, 0.6) is 0 Å². The summed E-state index contributed by atoms with van der Waals surface area (Å²) in [5.74, 6) is -0.307. The van der Waals surface area contributed by atoms with Gasteiger partial charge in [-0.1, -0.05) is 12.1 Å². The maximum atomic E-state index is 13.0. The van der Waals surface area contributed by atoms with Gasteiger partial charge in [-0.25, -0.2) is 4.39 Å². The SMILES string of the molecule is CN(CC(O)c1ccc(F)cc1)C1CCN(c2ccc([N+](=O)[O-])cc2)CC1. The molecule has 0 saturated carbocycles. The van der Waals surface area contributed by atoms with E-state index in [1.54, 1.807) is 24.3 Å². The van der Waals surface area contributed by atoms with Crippen molar-refractivity contribution in [2.24, 2.45) is 0 Å². The molecule has 0 bridgehead atoms. The number of anilines is 1. The smallest absolute Gasteiger partial charge is 0.269 e. The summed E-state index contributed by atoms with van der Waals surface area (Å²) in [7, 11) is 2.00. The van der Waals surface area contributed by atoms with Gasteiger partial charge in [0.25, 0.3) is 5.69 Å². The number of halogens is 1. The van der Waals surface area contributed by atoms with Gasteiger partial charge >= 0.3 is 0 Å². The molecule has 6 nitrogen and oxygen atoms in total. The number of hydrogen-bond acceptors (Lipinski definition) is 5. The molecule has 1 N–H and O–H groups in total. The van der Waals surface area contributed by atoms with Crippen LogP contribution in [-0.2, 0) is 0 Å². The van der Waals surface area contributed by atoms with Crippen molar-refractivity contribution in [3.8, 4) is 0 Å². The molecule has 1 atom stereocenters. The fourth-order valence-electron chi connectivity index (χ4n) is 3.56. The third kappa shape index (κ3) is 4.81. The van der Waals surface area contributed by atoms with Crippen molar-refractivity contribution in [1.82, 2.24) is 4.90 Å². The molecule has 1 aliphatic rings. The summed E-state index contributed by atoms with van der Waals surface area (Å²) < 4.78 is 13.0. The van der Waals surface area contributed by atoms with Crippen LogP contribution in [0.3, 0.4) is 0 Å². The van der Waals surface area contributed by atoms with Crippen LogP contribution in [0.4, 0.5) is 15.8 Å². The van der Waals surface area contributed by atoms with Gasteiger partial charge in [0.1, 0.15) is 5.82 Å². The molecule has 1 heterocycles. The molecular formula is C20H24FN3O3. The Balaban J connectivity index is 1.52. The second-order valence-corrected chi connectivity index (χ2v) is 7.00. The Kier molecular flexibility index (Phi) is 6.03. The Labute approximate surface area is 158 Å². The topological polar surface area (TPSA) is 69.8 Å². The zero-order chi connectivity index (χ0) is 19.4. The summed E-state index contributed by atoms with van der Waals surface area (Å²) in [5, 5.41) is 21.1. The predicted molar refractivity (Wildman–Crippen MR) is 102 cm³/mol. The number of aliphatic hydroxyl groups excluding tert-OH is 1. The summed E-state index contributed by atoms with van der Waals surface area (Å²) in [6.07, 6.45) is 1.25. The first kappa shape index (κ1) is 19.3. The Morgan fingerprint density at radius 3 is 2.33 bits per heavy atom. The number of nitro groups is 1. The number of likely N-dealkylation sites (N-methyl/N-ethyl adjacent to an activating group) is 1. The largest absolute Gasteiger partial charge is 0.387 e. The van der Waals surface area contributed by atoms with E-state index in [9.17, 15) is 19.6 Å². The van der Waals surface area contributed by atoms with Crippen LogP contribution < -0.4 is 4.90 Å². The van der Waals surface area contributed by atoms with Crippen molar-refractivity contribution in [2.45, 2.75) is 25.0 Å². The number of nitro benzene ring substituents is 1. The zero-order valence-corrected chi connectivity index (χ0v) is 15.3. The lowest BCUT2D eigenvalue weighted by molar-refractivity contribution is -0.384. The molecule has 0 radical (unpaired) electrons. The lowest BCUT2D eigenvalue weighted by Gasteiger charge is -2.38. The standard InChI is InChI=1S/C20H24FN3O3/c1-22(14-20(25)15-2-4-16(21)5-3-15)17-10-12-23(13-11-17)18-6-8-19(9-7-18)24(26)27/h2-9,17,20,25H,10-14H2,1H3. The van der Waals surface area contributed by atoms with E-state index in [-0.39, 0.29) is 11.5 Å². The highest BCUT2D eigenvalue weighted by atomic mass is 19.1. The van der Waals surface area contributed by atoms with E-state index in [0.717, 1.165) is 31.6 Å². The first-order chi connectivity index (χ1) is 12.9. The first-order valence-electron chi connectivity index (χ1n) is 9.07. The van der Waals surface area contributed by atoms with Crippen LogP contribution in [0.1, 0.15) is 24.5 Å². The average Bonchev–Trinajstić information content (AvgIpc) is 2.68. The van der Waals surface area contributed by atoms with E-state index in [4.69, 9.17) is 0 Å². The monoisotopic (exact) mass is 373 g/mol. The number of benzene rings is 2. The molecule has 1 aliphatic heterocycles. The molecule has 3 rings (SSSR count). The summed E-state index contributed by atoms with van der Waals surface area (Å²) in [4.78, 5) is 14.8. The molecule has 1 unspecified atom stereocenters. The van der Waals surface area contributed by atoms with Gasteiger partial charge in [-0.2, -0.15) is 0 Å². The van der Waals surface area contributed by atoms with Gasteiger partial charge < -0.3 is 14.9 Å². The first-order valence-corrected chi connectivity index (χ1v) is 9.07. The molecule has 1 saturated heterocycles. The summed E-state index contributed by atoms with van der Waals surface area (Å²) in [5.41, 5.74) is 1.81. The van der Waals surface area contributed by atoms with Crippen molar-refractivity contribution in [1.29, 1.82) is 0 Å². The molecule has 0 spiro atoms. The Hall–Kier alpha value is -2.51. The van der Waals surface area contributed by atoms with Crippen LogP contribution in [0.15, 0.2) is 48.5 Å². The van der Waals surface area contributed by atoms with Crippen molar-refractivity contribution in [2.75, 3.05) is 31.6 Å². The normalized spacial score (nSPS) is 16.5. The molecule has 0 amide bonds. The molecular weight excluding hydrogens is 349 g/mol. The van der Waals surface area contributed by atoms with Crippen LogP contribution in [0, 0.1) is 15.9 Å². The van der Waals surface area contributed by atoms with E-state index in [0.29, 0.717) is 18.2 Å². The van der Waals surface area contributed by atoms with Crippen LogP contribution >= 0.6 is 0 Å². The minimum absolute atomic E-state index is 0.100. The summed E-state index contributed by atoms with van der Waals surface area (Å²) >= 11 is 0. The van der Waals surface area contributed by atoms with Gasteiger partial charge in [0.05, 0.1) is 11.0 Å². The number of piperidine rings is 1. The lowest BCUT2D eigenvalue weighted by Crippen LogP contribution is -2.44. The van der Waals surface area contributed by atoms with Gasteiger partial charge in [0.2, 0.25) is 0 Å². The molecule has 7 heteroatoms. The van der Waals surface area contributed by atoms with Crippen LogP contribution in [0.2, 0.25) is 0 Å². The fraction of sp³-hybridized carbons (Fsp3) is 0.400. The quantitative estimate of drug-likeness (QED) is 0.621. The van der Waals surface area contributed by atoms with Gasteiger partial charge in [-0.3, -0.25) is 10.1 Å². The van der Waals surface area contributed by atoms with Crippen molar-refractivity contribution >= 4 is 11.4 Å². The number of hydrogen-bond donors (Lipinski definition) is 1. The Morgan fingerprint density at radius 1 is 1.19 bits per heavy atom. The Bertz CT molecular complexity index is 759. The molecule has 1 fully saturated rings.